The highest BCUT2D eigenvalue weighted by Crippen LogP contribution is 2.29. The van der Waals surface area contributed by atoms with Gasteiger partial charge in [0, 0.05) is 19.1 Å². The van der Waals surface area contributed by atoms with Crippen molar-refractivity contribution in [2.75, 3.05) is 6.54 Å². The van der Waals surface area contributed by atoms with E-state index in [1.54, 1.807) is 16.2 Å². The fourth-order valence-corrected chi connectivity index (χ4v) is 5.20. The summed E-state index contributed by atoms with van der Waals surface area (Å²) in [5, 5.41) is 6.49. The molecule has 0 saturated carbocycles. The first-order valence-electron chi connectivity index (χ1n) is 11.8. The number of nitrogens with zero attached hydrogens (tertiary/aromatic N) is 2. The van der Waals surface area contributed by atoms with E-state index in [2.05, 4.69) is 55.4 Å². The number of likely N-dealkylation sites (tertiary alicyclic amines) is 1. The van der Waals surface area contributed by atoms with Gasteiger partial charge in [0.25, 0.3) is 0 Å². The molecule has 1 saturated heterocycles. The summed E-state index contributed by atoms with van der Waals surface area (Å²) < 4.78 is 0. The molecule has 1 aromatic heterocycles. The van der Waals surface area contributed by atoms with Gasteiger partial charge in [-0.05, 0) is 35.8 Å². The average molecular weight is 471 g/mol. The van der Waals surface area contributed by atoms with Crippen LogP contribution in [0.25, 0.3) is 10.4 Å². The van der Waals surface area contributed by atoms with Crippen molar-refractivity contribution in [1.29, 1.82) is 0 Å². The molecule has 0 bridgehead atoms. The minimum Gasteiger partial charge on any atom is -0.350 e. The zero-order chi connectivity index (χ0) is 24.3. The molecular weight excluding hydrogens is 432 g/mol. The Kier molecular flexibility index (Phi) is 7.96. The number of carbonyl (C=O) groups excluding carboxylic acids is 2. The molecule has 6 nitrogen and oxygen atoms in total. The molecule has 1 aliphatic rings. The van der Waals surface area contributed by atoms with Gasteiger partial charge in [-0.3, -0.25) is 9.59 Å². The van der Waals surface area contributed by atoms with Gasteiger partial charge in [-0.25, -0.2) is 4.98 Å². The van der Waals surface area contributed by atoms with E-state index in [9.17, 15) is 9.59 Å². The van der Waals surface area contributed by atoms with Crippen LogP contribution in [0.4, 0.5) is 0 Å². The second-order valence-electron chi connectivity index (χ2n) is 10.6. The molecule has 7 heteroatoms. The van der Waals surface area contributed by atoms with Gasteiger partial charge in [0.05, 0.1) is 22.1 Å². The Morgan fingerprint density at radius 2 is 1.88 bits per heavy atom. The normalized spacial score (nSPS) is 19.7. The van der Waals surface area contributed by atoms with Crippen LogP contribution >= 0.6 is 11.3 Å². The van der Waals surface area contributed by atoms with E-state index in [0.29, 0.717) is 25.4 Å². The highest BCUT2D eigenvalue weighted by molar-refractivity contribution is 7.13. The van der Waals surface area contributed by atoms with Gasteiger partial charge in [0.1, 0.15) is 6.04 Å². The topological polar surface area (TPSA) is 74.3 Å². The number of hydrogen-bond acceptors (Lipinski definition) is 5. The Bertz CT molecular complexity index is 961. The van der Waals surface area contributed by atoms with Gasteiger partial charge in [0.2, 0.25) is 11.8 Å². The van der Waals surface area contributed by atoms with Crippen LogP contribution in [0.5, 0.6) is 0 Å². The molecule has 2 aromatic rings. The average Bonchev–Trinajstić information content (AvgIpc) is 3.35. The van der Waals surface area contributed by atoms with Crippen LogP contribution in [-0.2, 0) is 16.1 Å². The van der Waals surface area contributed by atoms with Gasteiger partial charge < -0.3 is 15.5 Å². The molecule has 2 N–H and O–H groups in total. The molecule has 2 amide bonds. The van der Waals surface area contributed by atoms with Gasteiger partial charge in [-0.1, -0.05) is 65.8 Å². The summed E-state index contributed by atoms with van der Waals surface area (Å²) in [7, 11) is 0. The summed E-state index contributed by atoms with van der Waals surface area (Å²) >= 11 is 1.63. The van der Waals surface area contributed by atoms with Crippen molar-refractivity contribution in [2.24, 2.45) is 11.3 Å². The predicted octanol–water partition coefficient (Wildman–Crippen LogP) is 4.38. The first-order chi connectivity index (χ1) is 15.5. The standard InChI is InChI=1S/C26H38N4O2S/c1-16(2)29-23(26(5,6)7)25(32)30-14-17(3)12-21(30)24(31)27-13-19-8-10-20(11-9-19)22-18(4)28-15-33-22/h8-11,15-17,21,23,29H,12-14H2,1-7H3,(H,27,31)/t17-,21+,23-/m1/s1. The number of aromatic nitrogens is 1. The minimum atomic E-state index is -0.426. The third-order valence-electron chi connectivity index (χ3n) is 6.14. The monoisotopic (exact) mass is 470 g/mol. The van der Waals surface area contributed by atoms with Gasteiger partial charge >= 0.3 is 0 Å². The lowest BCUT2D eigenvalue weighted by atomic mass is 9.85. The van der Waals surface area contributed by atoms with E-state index in [0.717, 1.165) is 16.8 Å². The molecule has 0 unspecified atom stereocenters. The molecule has 3 rings (SSSR count). The number of hydrogen-bond donors (Lipinski definition) is 2. The van der Waals surface area contributed by atoms with E-state index in [1.165, 1.54) is 4.88 Å². The summed E-state index contributed by atoms with van der Waals surface area (Å²) in [6, 6.07) is 7.64. The Morgan fingerprint density at radius 3 is 2.42 bits per heavy atom. The van der Waals surface area contributed by atoms with Crippen LogP contribution in [0.3, 0.4) is 0 Å². The quantitative estimate of drug-likeness (QED) is 0.630. The largest absolute Gasteiger partial charge is 0.350 e. The maximum absolute atomic E-state index is 13.5. The third kappa shape index (κ3) is 6.21. The smallest absolute Gasteiger partial charge is 0.243 e. The molecular formula is C26H38N4O2S. The Morgan fingerprint density at radius 1 is 1.21 bits per heavy atom. The fourth-order valence-electron chi connectivity index (χ4n) is 4.39. The second kappa shape index (κ2) is 10.3. The highest BCUT2D eigenvalue weighted by Gasteiger charge is 2.43. The summed E-state index contributed by atoms with van der Waals surface area (Å²) in [5.41, 5.74) is 4.81. The van der Waals surface area contributed by atoms with Crippen LogP contribution in [0.2, 0.25) is 0 Å². The number of carbonyl (C=O) groups is 2. The second-order valence-corrected chi connectivity index (χ2v) is 11.5. The number of thiazole rings is 1. The van der Waals surface area contributed by atoms with Gasteiger partial charge in [0.15, 0.2) is 0 Å². The summed E-state index contributed by atoms with van der Waals surface area (Å²) in [6.07, 6.45) is 0.694. The minimum absolute atomic E-state index is 0.0185. The highest BCUT2D eigenvalue weighted by atomic mass is 32.1. The van der Waals surface area contributed by atoms with Crippen molar-refractivity contribution < 1.29 is 9.59 Å². The van der Waals surface area contributed by atoms with E-state index in [-0.39, 0.29) is 29.3 Å². The lowest BCUT2D eigenvalue weighted by Gasteiger charge is -2.36. The maximum atomic E-state index is 13.5. The van der Waals surface area contributed by atoms with Crippen LogP contribution in [0.1, 0.15) is 59.2 Å². The summed E-state index contributed by atoms with van der Waals surface area (Å²) in [5.74, 6) is 0.239. The van der Waals surface area contributed by atoms with Crippen molar-refractivity contribution in [3.63, 3.8) is 0 Å². The molecule has 33 heavy (non-hydrogen) atoms. The van der Waals surface area contributed by atoms with E-state index in [4.69, 9.17) is 0 Å². The van der Waals surface area contributed by atoms with E-state index in [1.807, 2.05) is 38.4 Å². The molecule has 0 radical (unpaired) electrons. The van der Waals surface area contributed by atoms with Gasteiger partial charge in [-0.2, -0.15) is 0 Å². The third-order valence-corrected chi connectivity index (χ3v) is 7.11. The molecule has 1 aliphatic heterocycles. The number of rotatable bonds is 7. The Hall–Kier alpha value is -2.25. The first kappa shape index (κ1) is 25.4. The number of amides is 2. The Balaban J connectivity index is 1.66. The first-order valence-corrected chi connectivity index (χ1v) is 12.7. The number of benzene rings is 1. The molecule has 3 atom stereocenters. The predicted molar refractivity (Wildman–Crippen MR) is 135 cm³/mol. The molecule has 1 fully saturated rings. The van der Waals surface area contributed by atoms with Crippen molar-refractivity contribution in [3.05, 3.63) is 41.0 Å². The zero-order valence-corrected chi connectivity index (χ0v) is 21.8. The summed E-state index contributed by atoms with van der Waals surface area (Å²) in [4.78, 5) is 33.9. The van der Waals surface area contributed by atoms with Crippen LogP contribution in [0, 0.1) is 18.3 Å². The summed E-state index contributed by atoms with van der Waals surface area (Å²) in [6.45, 7) is 15.5. The lowest BCUT2D eigenvalue weighted by Crippen LogP contribution is -2.57. The Labute approximate surface area is 202 Å². The van der Waals surface area contributed by atoms with Crippen LogP contribution in [0.15, 0.2) is 29.8 Å². The van der Waals surface area contributed by atoms with Crippen molar-refractivity contribution in [3.8, 4) is 10.4 Å². The molecule has 2 heterocycles. The van der Waals surface area contributed by atoms with E-state index < -0.39 is 6.04 Å². The van der Waals surface area contributed by atoms with Crippen molar-refractivity contribution in [1.82, 2.24) is 20.5 Å². The molecule has 180 valence electrons. The van der Waals surface area contributed by atoms with Crippen LogP contribution < -0.4 is 10.6 Å². The zero-order valence-electron chi connectivity index (χ0n) is 20.9. The fraction of sp³-hybridized carbons (Fsp3) is 0.577. The van der Waals surface area contributed by atoms with Gasteiger partial charge in [-0.15, -0.1) is 11.3 Å². The molecule has 0 aliphatic carbocycles. The van der Waals surface area contributed by atoms with Crippen molar-refractivity contribution in [2.45, 2.75) is 79.6 Å². The van der Waals surface area contributed by atoms with E-state index >= 15 is 0 Å². The molecule has 1 aromatic carbocycles. The SMILES string of the molecule is Cc1ncsc1-c1ccc(CNC(=O)[C@@H]2C[C@@H](C)CN2C(=O)[C@@H](NC(C)C)C(C)(C)C)cc1. The van der Waals surface area contributed by atoms with Crippen LogP contribution in [-0.4, -0.2) is 46.4 Å². The maximum Gasteiger partial charge on any atom is 0.243 e. The lowest BCUT2D eigenvalue weighted by molar-refractivity contribution is -0.142. The molecule has 0 spiro atoms. The number of aryl methyl sites for hydroxylation is 1. The number of nitrogens with one attached hydrogen (secondary N) is 2. The van der Waals surface area contributed by atoms with Crippen molar-refractivity contribution >= 4 is 23.2 Å².